The van der Waals surface area contributed by atoms with Gasteiger partial charge in [0.05, 0.1) is 6.10 Å². The molecule has 0 aliphatic heterocycles. The molecule has 4 rings (SSSR count). The van der Waals surface area contributed by atoms with Crippen LogP contribution in [-0.4, -0.2) is 11.2 Å². The molecule has 1 nitrogen and oxygen atoms in total. The van der Waals surface area contributed by atoms with E-state index in [2.05, 4.69) is 26.0 Å². The summed E-state index contributed by atoms with van der Waals surface area (Å²) in [4.78, 5) is 0. The number of hydrogen-bond donors (Lipinski definition) is 1. The average molecular weight is 274 g/mol. The molecule has 7 atom stereocenters. The quantitative estimate of drug-likeness (QED) is 0.642. The molecule has 0 heterocycles. The molecule has 1 heteroatoms. The van der Waals surface area contributed by atoms with Crippen LogP contribution in [0.15, 0.2) is 12.2 Å². The van der Waals surface area contributed by atoms with E-state index < -0.39 is 0 Å². The van der Waals surface area contributed by atoms with Gasteiger partial charge in [0, 0.05) is 0 Å². The predicted octanol–water partition coefficient (Wildman–Crippen LogP) is 4.56. The summed E-state index contributed by atoms with van der Waals surface area (Å²) in [7, 11) is 0. The van der Waals surface area contributed by atoms with Crippen LogP contribution in [0.3, 0.4) is 0 Å². The van der Waals surface area contributed by atoms with Crippen molar-refractivity contribution in [1.29, 1.82) is 0 Å². The van der Waals surface area contributed by atoms with Crippen molar-refractivity contribution >= 4 is 0 Å². The van der Waals surface area contributed by atoms with Crippen LogP contribution in [0.25, 0.3) is 0 Å². The second kappa shape index (κ2) is 4.35. The third-order valence-corrected chi connectivity index (χ3v) is 7.95. The average Bonchev–Trinajstić information content (AvgIpc) is 2.81. The maximum atomic E-state index is 9.96. The van der Waals surface area contributed by atoms with E-state index in [4.69, 9.17) is 0 Å². The van der Waals surface area contributed by atoms with Crippen molar-refractivity contribution in [2.45, 2.75) is 71.3 Å². The molecule has 4 aliphatic carbocycles. The smallest absolute Gasteiger partial charge is 0.0724 e. The lowest BCUT2D eigenvalue weighted by molar-refractivity contribution is -0.0760. The molecule has 0 radical (unpaired) electrons. The molecular formula is C19H30O. The summed E-state index contributed by atoms with van der Waals surface area (Å²) in [5, 5.41) is 9.96. The topological polar surface area (TPSA) is 20.2 Å². The molecule has 3 saturated carbocycles. The van der Waals surface area contributed by atoms with E-state index in [1.165, 1.54) is 44.9 Å². The Morgan fingerprint density at radius 3 is 2.70 bits per heavy atom. The maximum Gasteiger partial charge on any atom is 0.0724 e. The summed E-state index contributed by atoms with van der Waals surface area (Å²) < 4.78 is 0. The molecule has 0 saturated heterocycles. The first-order chi connectivity index (χ1) is 9.53. The fraction of sp³-hybridized carbons (Fsp3) is 0.895. The molecule has 1 N–H and O–H groups in total. The first-order valence-electron chi connectivity index (χ1n) is 8.90. The molecule has 0 aromatic rings. The molecule has 0 aromatic heterocycles. The number of fused-ring (bicyclic) bond motifs is 5. The van der Waals surface area contributed by atoms with Crippen molar-refractivity contribution < 1.29 is 5.11 Å². The number of allylic oxidation sites excluding steroid dienone is 1. The SMILES string of the molecule is CC12CCCC1C1CC[C@H]3CC(O)C=CC3(C)C1CC2. The minimum absolute atomic E-state index is 0.176. The van der Waals surface area contributed by atoms with Gasteiger partial charge < -0.3 is 5.11 Å². The molecule has 4 aliphatic rings. The standard InChI is InChI=1S/C19H30O/c1-18-9-3-4-16(18)15-6-5-13-12-14(20)7-11-19(13,2)17(15)8-10-18/h7,11,13-17,20H,3-6,8-10,12H2,1-2H3/t13-,14?,15?,16?,17?,18?,19?/m0/s1. The monoisotopic (exact) mass is 274 g/mol. The van der Waals surface area contributed by atoms with Crippen LogP contribution in [0, 0.1) is 34.5 Å². The molecular weight excluding hydrogens is 244 g/mol. The molecule has 0 aromatic carbocycles. The lowest BCUT2D eigenvalue weighted by Gasteiger charge is -2.58. The Labute approximate surface area is 123 Å². The molecule has 112 valence electrons. The van der Waals surface area contributed by atoms with E-state index in [9.17, 15) is 5.11 Å². The van der Waals surface area contributed by atoms with Gasteiger partial charge in [0.25, 0.3) is 0 Å². The van der Waals surface area contributed by atoms with Crippen molar-refractivity contribution in [2.75, 3.05) is 0 Å². The van der Waals surface area contributed by atoms with Gasteiger partial charge in [-0.2, -0.15) is 0 Å². The highest BCUT2D eigenvalue weighted by molar-refractivity contribution is 5.16. The van der Waals surface area contributed by atoms with E-state index >= 15 is 0 Å². The maximum absolute atomic E-state index is 9.96. The number of aliphatic hydroxyl groups is 1. The molecule has 0 bridgehead atoms. The summed E-state index contributed by atoms with van der Waals surface area (Å²) in [6, 6.07) is 0. The zero-order valence-electron chi connectivity index (χ0n) is 13.1. The van der Waals surface area contributed by atoms with Gasteiger partial charge in [0.2, 0.25) is 0 Å². The third kappa shape index (κ3) is 1.71. The fourth-order valence-corrected chi connectivity index (χ4v) is 6.78. The second-order valence-corrected chi connectivity index (χ2v) is 8.76. The van der Waals surface area contributed by atoms with Crippen LogP contribution in [0.2, 0.25) is 0 Å². The molecule has 0 amide bonds. The van der Waals surface area contributed by atoms with Gasteiger partial charge in [-0.1, -0.05) is 32.4 Å². The Bertz CT molecular complexity index is 427. The summed E-state index contributed by atoms with van der Waals surface area (Å²) >= 11 is 0. The summed E-state index contributed by atoms with van der Waals surface area (Å²) in [5.41, 5.74) is 1.05. The molecule has 6 unspecified atom stereocenters. The van der Waals surface area contributed by atoms with Crippen LogP contribution in [0.1, 0.15) is 65.2 Å². The fourth-order valence-electron chi connectivity index (χ4n) is 6.78. The zero-order chi connectivity index (χ0) is 14.0. The van der Waals surface area contributed by atoms with Crippen LogP contribution in [-0.2, 0) is 0 Å². The van der Waals surface area contributed by atoms with E-state index in [0.29, 0.717) is 10.8 Å². The van der Waals surface area contributed by atoms with Crippen LogP contribution in [0.4, 0.5) is 0 Å². The number of rotatable bonds is 0. The molecule has 3 fully saturated rings. The van der Waals surface area contributed by atoms with Crippen LogP contribution < -0.4 is 0 Å². The molecule has 20 heavy (non-hydrogen) atoms. The van der Waals surface area contributed by atoms with Crippen molar-refractivity contribution in [1.82, 2.24) is 0 Å². The predicted molar refractivity (Wildman–Crippen MR) is 82.3 cm³/mol. The highest BCUT2D eigenvalue weighted by atomic mass is 16.3. The van der Waals surface area contributed by atoms with Crippen molar-refractivity contribution in [3.8, 4) is 0 Å². The van der Waals surface area contributed by atoms with Gasteiger partial charge in [-0.3, -0.25) is 0 Å². The minimum Gasteiger partial charge on any atom is -0.389 e. The Morgan fingerprint density at radius 1 is 1.00 bits per heavy atom. The van der Waals surface area contributed by atoms with Crippen molar-refractivity contribution in [3.63, 3.8) is 0 Å². The van der Waals surface area contributed by atoms with Gasteiger partial charge >= 0.3 is 0 Å². The van der Waals surface area contributed by atoms with Crippen LogP contribution in [0.5, 0.6) is 0 Å². The Kier molecular flexibility index (Phi) is 2.91. The number of aliphatic hydroxyl groups excluding tert-OH is 1. The Morgan fingerprint density at radius 2 is 1.85 bits per heavy atom. The van der Waals surface area contributed by atoms with Gasteiger partial charge in [-0.25, -0.2) is 0 Å². The Balaban J connectivity index is 1.67. The van der Waals surface area contributed by atoms with Crippen molar-refractivity contribution in [2.24, 2.45) is 34.5 Å². The first kappa shape index (κ1) is 13.4. The zero-order valence-corrected chi connectivity index (χ0v) is 13.1. The minimum atomic E-state index is -0.176. The summed E-state index contributed by atoms with van der Waals surface area (Å²) in [5.74, 6) is 3.59. The van der Waals surface area contributed by atoms with Crippen LogP contribution >= 0.6 is 0 Å². The highest BCUT2D eigenvalue weighted by Gasteiger charge is 2.56. The van der Waals surface area contributed by atoms with Gasteiger partial charge in [0.1, 0.15) is 0 Å². The second-order valence-electron chi connectivity index (χ2n) is 8.76. The third-order valence-electron chi connectivity index (χ3n) is 7.95. The van der Waals surface area contributed by atoms with E-state index in [1.807, 2.05) is 0 Å². The highest BCUT2D eigenvalue weighted by Crippen LogP contribution is 2.65. The van der Waals surface area contributed by atoms with Crippen molar-refractivity contribution in [3.05, 3.63) is 12.2 Å². The first-order valence-corrected chi connectivity index (χ1v) is 8.90. The number of hydrogen-bond acceptors (Lipinski definition) is 1. The lowest BCUT2D eigenvalue weighted by atomic mass is 9.46. The van der Waals surface area contributed by atoms with Gasteiger partial charge in [0.15, 0.2) is 0 Å². The van der Waals surface area contributed by atoms with E-state index in [1.54, 1.807) is 0 Å². The normalized spacial score (nSPS) is 57.9. The van der Waals surface area contributed by atoms with Gasteiger partial charge in [-0.15, -0.1) is 0 Å². The Hall–Kier alpha value is -0.300. The summed E-state index contributed by atoms with van der Waals surface area (Å²) in [6.07, 6.45) is 15.5. The van der Waals surface area contributed by atoms with E-state index in [0.717, 1.165) is 30.1 Å². The van der Waals surface area contributed by atoms with Gasteiger partial charge in [-0.05, 0) is 79.4 Å². The molecule has 0 spiro atoms. The van der Waals surface area contributed by atoms with E-state index in [-0.39, 0.29) is 6.10 Å². The lowest BCUT2D eigenvalue weighted by Crippen LogP contribution is -2.51. The summed E-state index contributed by atoms with van der Waals surface area (Å²) in [6.45, 7) is 5.09. The largest absolute Gasteiger partial charge is 0.389 e.